The summed E-state index contributed by atoms with van der Waals surface area (Å²) in [6.45, 7) is 0. The zero-order chi connectivity index (χ0) is 20.4. The van der Waals surface area contributed by atoms with Crippen molar-refractivity contribution in [3.8, 4) is 5.75 Å². The van der Waals surface area contributed by atoms with Crippen LogP contribution in [0.1, 0.15) is 11.1 Å². The fraction of sp³-hybridized carbons (Fsp3) is 0.0909. The molecule has 0 aliphatic carbocycles. The second kappa shape index (κ2) is 7.65. The van der Waals surface area contributed by atoms with E-state index in [1.54, 1.807) is 37.4 Å². The highest BCUT2D eigenvalue weighted by Gasteiger charge is 2.22. The monoisotopic (exact) mass is 388 g/mol. The summed E-state index contributed by atoms with van der Waals surface area (Å²) in [7, 11) is 1.63. The SMILES string of the molecule is Cn1c(=O)c(C2=C[C@H](/C=C/c3ccccc3)NNC(=O)N2)c(O)c2ccccc21. The van der Waals surface area contributed by atoms with Gasteiger partial charge in [-0.2, -0.15) is 0 Å². The Morgan fingerprint density at radius 1 is 1.03 bits per heavy atom. The van der Waals surface area contributed by atoms with Gasteiger partial charge in [0.1, 0.15) is 11.3 Å². The van der Waals surface area contributed by atoms with Crippen LogP contribution in [0.2, 0.25) is 0 Å². The fourth-order valence-corrected chi connectivity index (χ4v) is 3.32. The van der Waals surface area contributed by atoms with Gasteiger partial charge in [0.2, 0.25) is 0 Å². The first-order chi connectivity index (χ1) is 14.0. The number of aryl methyl sites for hydroxylation is 1. The summed E-state index contributed by atoms with van der Waals surface area (Å²) < 4.78 is 1.46. The van der Waals surface area contributed by atoms with Crippen molar-refractivity contribution in [1.82, 2.24) is 20.7 Å². The number of carbonyl (C=O) groups is 1. The molecule has 4 rings (SSSR count). The van der Waals surface area contributed by atoms with Gasteiger partial charge < -0.3 is 15.0 Å². The van der Waals surface area contributed by atoms with Crippen LogP contribution in [-0.4, -0.2) is 21.7 Å². The molecule has 1 aliphatic rings. The number of benzene rings is 2. The van der Waals surface area contributed by atoms with Gasteiger partial charge in [0.25, 0.3) is 5.56 Å². The van der Waals surface area contributed by atoms with Crippen molar-refractivity contribution in [2.24, 2.45) is 7.05 Å². The van der Waals surface area contributed by atoms with Gasteiger partial charge in [-0.15, -0.1) is 0 Å². The summed E-state index contributed by atoms with van der Waals surface area (Å²) >= 11 is 0. The number of nitrogens with one attached hydrogen (secondary N) is 3. The molecule has 29 heavy (non-hydrogen) atoms. The van der Waals surface area contributed by atoms with Crippen LogP contribution in [0.4, 0.5) is 4.79 Å². The van der Waals surface area contributed by atoms with Crippen LogP contribution in [0.5, 0.6) is 5.75 Å². The number of fused-ring (bicyclic) bond motifs is 1. The molecule has 0 saturated carbocycles. The lowest BCUT2D eigenvalue weighted by Gasteiger charge is -2.14. The van der Waals surface area contributed by atoms with E-state index >= 15 is 0 Å². The number of amides is 2. The minimum atomic E-state index is -0.526. The van der Waals surface area contributed by atoms with Gasteiger partial charge in [-0.1, -0.05) is 54.6 Å². The van der Waals surface area contributed by atoms with E-state index in [2.05, 4.69) is 16.2 Å². The lowest BCUT2D eigenvalue weighted by Crippen LogP contribution is -2.44. The first-order valence-corrected chi connectivity index (χ1v) is 9.13. The van der Waals surface area contributed by atoms with Crippen molar-refractivity contribution >= 4 is 28.7 Å². The molecule has 3 aromatic rings. The summed E-state index contributed by atoms with van der Waals surface area (Å²) in [6, 6.07) is 15.9. The van der Waals surface area contributed by atoms with Gasteiger partial charge >= 0.3 is 6.03 Å². The Bertz CT molecular complexity index is 1200. The van der Waals surface area contributed by atoms with E-state index in [1.165, 1.54) is 4.57 Å². The molecular formula is C22H20N4O3. The quantitative estimate of drug-likeness (QED) is 0.554. The Labute approximate surface area is 167 Å². The molecule has 0 spiro atoms. The van der Waals surface area contributed by atoms with Gasteiger partial charge in [-0.25, -0.2) is 10.2 Å². The molecule has 0 fully saturated rings. The first kappa shape index (κ1) is 18.5. The molecule has 2 aromatic carbocycles. The minimum Gasteiger partial charge on any atom is -0.506 e. The smallest absolute Gasteiger partial charge is 0.333 e. The number of rotatable bonds is 3. The highest BCUT2D eigenvalue weighted by Crippen LogP contribution is 2.29. The van der Waals surface area contributed by atoms with E-state index < -0.39 is 17.6 Å². The van der Waals surface area contributed by atoms with Crippen LogP contribution in [0.25, 0.3) is 22.7 Å². The van der Waals surface area contributed by atoms with Gasteiger partial charge in [-0.05, 0) is 23.8 Å². The molecule has 0 bridgehead atoms. The van der Waals surface area contributed by atoms with E-state index in [1.807, 2.05) is 42.5 Å². The molecule has 0 radical (unpaired) electrons. The number of aromatic nitrogens is 1. The maximum atomic E-state index is 13.0. The number of urea groups is 1. The predicted octanol–water partition coefficient (Wildman–Crippen LogP) is 2.48. The third kappa shape index (κ3) is 3.63. The van der Waals surface area contributed by atoms with Crippen molar-refractivity contribution in [2.45, 2.75) is 6.04 Å². The molecule has 1 aromatic heterocycles. The Morgan fingerprint density at radius 2 is 1.76 bits per heavy atom. The molecule has 1 aliphatic heterocycles. The first-order valence-electron chi connectivity index (χ1n) is 9.13. The predicted molar refractivity (Wildman–Crippen MR) is 113 cm³/mol. The molecule has 2 amide bonds. The average molecular weight is 388 g/mol. The lowest BCUT2D eigenvalue weighted by molar-refractivity contribution is 0.241. The third-order valence-electron chi connectivity index (χ3n) is 4.79. The van der Waals surface area contributed by atoms with Crippen LogP contribution in [0.15, 0.2) is 71.5 Å². The van der Waals surface area contributed by atoms with Crippen LogP contribution in [-0.2, 0) is 7.05 Å². The second-order valence-electron chi connectivity index (χ2n) is 6.70. The van der Waals surface area contributed by atoms with Crippen molar-refractivity contribution in [3.05, 3.63) is 88.2 Å². The van der Waals surface area contributed by atoms with Crippen molar-refractivity contribution in [2.75, 3.05) is 0 Å². The second-order valence-corrected chi connectivity index (χ2v) is 6.70. The van der Waals surface area contributed by atoms with E-state index in [9.17, 15) is 14.7 Å². The minimum absolute atomic E-state index is 0.0446. The molecule has 7 nitrogen and oxygen atoms in total. The summed E-state index contributed by atoms with van der Waals surface area (Å²) in [5, 5.41) is 14.0. The number of hydrazine groups is 1. The van der Waals surface area contributed by atoms with E-state index in [0.29, 0.717) is 10.9 Å². The molecule has 2 heterocycles. The number of hydrogen-bond donors (Lipinski definition) is 4. The van der Waals surface area contributed by atoms with E-state index in [0.717, 1.165) is 5.56 Å². The van der Waals surface area contributed by atoms with Crippen LogP contribution < -0.4 is 21.7 Å². The Balaban J connectivity index is 1.81. The molecular weight excluding hydrogens is 368 g/mol. The zero-order valence-corrected chi connectivity index (χ0v) is 15.7. The number of nitrogens with zero attached hydrogens (tertiary/aromatic N) is 1. The standard InChI is InChI=1S/C22H20N4O3/c1-26-18-10-6-5-9-16(18)20(27)19(21(26)28)17-13-15(24-25-22(29)23-17)12-11-14-7-3-2-4-8-14/h2-13,15,24,27H,1H3,(H2,23,25,29)/b12-11+/t15-/m0/s1. The van der Waals surface area contributed by atoms with Crippen LogP contribution in [0, 0.1) is 0 Å². The van der Waals surface area contributed by atoms with Crippen molar-refractivity contribution in [3.63, 3.8) is 0 Å². The summed E-state index contributed by atoms with van der Waals surface area (Å²) in [6.07, 6.45) is 5.44. The van der Waals surface area contributed by atoms with E-state index in [4.69, 9.17) is 0 Å². The molecule has 146 valence electrons. The topological polar surface area (TPSA) is 95.4 Å². The number of aromatic hydroxyl groups is 1. The average Bonchev–Trinajstić information content (AvgIpc) is 2.93. The highest BCUT2D eigenvalue weighted by molar-refractivity contribution is 5.94. The van der Waals surface area contributed by atoms with Crippen molar-refractivity contribution in [1.29, 1.82) is 0 Å². The number of para-hydroxylation sites is 1. The lowest BCUT2D eigenvalue weighted by atomic mass is 10.1. The number of hydrogen-bond acceptors (Lipinski definition) is 4. The van der Waals surface area contributed by atoms with Gasteiger partial charge in [-0.3, -0.25) is 10.2 Å². The fourth-order valence-electron chi connectivity index (χ4n) is 3.32. The Morgan fingerprint density at radius 3 is 2.55 bits per heavy atom. The number of carbonyl (C=O) groups excluding carboxylic acids is 1. The van der Waals surface area contributed by atoms with E-state index in [-0.39, 0.29) is 17.0 Å². The van der Waals surface area contributed by atoms with Gasteiger partial charge in [0, 0.05) is 12.4 Å². The number of pyridine rings is 1. The molecule has 0 saturated heterocycles. The Kier molecular flexibility index (Phi) is 4.88. The normalized spacial score (nSPS) is 16.9. The third-order valence-corrected chi connectivity index (χ3v) is 4.79. The summed E-state index contributed by atoms with van der Waals surface area (Å²) in [5.74, 6) is -0.164. The Hall–Kier alpha value is -3.84. The molecule has 0 unspecified atom stereocenters. The summed E-state index contributed by atoms with van der Waals surface area (Å²) in [4.78, 5) is 25.1. The zero-order valence-electron chi connectivity index (χ0n) is 15.7. The summed E-state index contributed by atoms with van der Waals surface area (Å²) in [5.41, 5.74) is 6.89. The van der Waals surface area contributed by atoms with Gasteiger partial charge in [0.15, 0.2) is 0 Å². The molecule has 4 N–H and O–H groups in total. The van der Waals surface area contributed by atoms with Gasteiger partial charge in [0.05, 0.1) is 17.3 Å². The largest absolute Gasteiger partial charge is 0.506 e. The van der Waals surface area contributed by atoms with Crippen LogP contribution in [0.3, 0.4) is 0 Å². The molecule has 1 atom stereocenters. The van der Waals surface area contributed by atoms with Crippen molar-refractivity contribution < 1.29 is 9.90 Å². The highest BCUT2D eigenvalue weighted by atomic mass is 16.3. The maximum Gasteiger partial charge on any atom is 0.333 e. The maximum absolute atomic E-state index is 13.0. The van der Waals surface area contributed by atoms with Crippen LogP contribution >= 0.6 is 0 Å². The molecule has 7 heteroatoms.